The van der Waals surface area contributed by atoms with E-state index in [1.807, 2.05) is 23.8 Å². The number of phenols is 1. The first kappa shape index (κ1) is 13.0. The number of halogens is 1. The van der Waals surface area contributed by atoms with Crippen molar-refractivity contribution in [1.82, 2.24) is 9.55 Å². The van der Waals surface area contributed by atoms with E-state index < -0.39 is 0 Å². The fourth-order valence-corrected chi connectivity index (χ4v) is 2.24. The van der Waals surface area contributed by atoms with Gasteiger partial charge in [0.25, 0.3) is 0 Å². The number of benzene rings is 1. The highest BCUT2D eigenvalue weighted by molar-refractivity contribution is 9.10. The Hall–Kier alpha value is -1.49. The predicted molar refractivity (Wildman–Crippen MR) is 73.9 cm³/mol. The van der Waals surface area contributed by atoms with Crippen LogP contribution < -0.4 is 4.74 Å². The molecule has 0 aliphatic heterocycles. The lowest BCUT2D eigenvalue weighted by Gasteiger charge is -2.11. The maximum Gasteiger partial charge on any atom is 0.172 e. The van der Waals surface area contributed by atoms with Crippen molar-refractivity contribution in [2.75, 3.05) is 6.61 Å². The third kappa shape index (κ3) is 2.36. The molecule has 0 radical (unpaired) electrons. The first-order valence-electron chi connectivity index (χ1n) is 5.84. The molecule has 0 unspecified atom stereocenters. The molecule has 2 aromatic rings. The summed E-state index contributed by atoms with van der Waals surface area (Å²) in [6, 6.07) is 3.64. The van der Waals surface area contributed by atoms with Gasteiger partial charge in [-0.3, -0.25) is 0 Å². The van der Waals surface area contributed by atoms with Crippen LogP contribution in [0.4, 0.5) is 0 Å². The van der Waals surface area contributed by atoms with E-state index in [2.05, 4.69) is 27.8 Å². The zero-order chi connectivity index (χ0) is 13.1. The molecule has 1 heterocycles. The smallest absolute Gasteiger partial charge is 0.172 e. The summed E-state index contributed by atoms with van der Waals surface area (Å²) in [5.74, 6) is 1.45. The number of aromatic hydroxyl groups is 1. The zero-order valence-electron chi connectivity index (χ0n) is 10.4. The standard InChI is InChI=1S/C13H15BrN2O2/c1-3-16-6-5-15-13(16)9-7-10(14)12(17)11(8-9)18-4-2/h5-8,17H,3-4H2,1-2H3. The number of aromatic nitrogens is 2. The molecule has 2 rings (SSSR count). The van der Waals surface area contributed by atoms with Gasteiger partial charge in [0.1, 0.15) is 5.82 Å². The molecule has 0 bridgehead atoms. The van der Waals surface area contributed by atoms with Gasteiger partial charge in [-0.05, 0) is 41.9 Å². The van der Waals surface area contributed by atoms with Gasteiger partial charge >= 0.3 is 0 Å². The molecule has 18 heavy (non-hydrogen) atoms. The quantitative estimate of drug-likeness (QED) is 0.941. The second kappa shape index (κ2) is 5.44. The number of imidazole rings is 1. The highest BCUT2D eigenvalue weighted by Crippen LogP contribution is 2.38. The van der Waals surface area contributed by atoms with Crippen molar-refractivity contribution in [3.8, 4) is 22.9 Å². The molecule has 96 valence electrons. The van der Waals surface area contributed by atoms with Gasteiger partial charge in [0.05, 0.1) is 11.1 Å². The molecule has 0 fully saturated rings. The molecule has 0 aliphatic rings. The van der Waals surface area contributed by atoms with Crippen molar-refractivity contribution >= 4 is 15.9 Å². The summed E-state index contributed by atoms with van der Waals surface area (Å²) in [4.78, 5) is 4.33. The van der Waals surface area contributed by atoms with Crippen LogP contribution in [-0.4, -0.2) is 21.3 Å². The highest BCUT2D eigenvalue weighted by Gasteiger charge is 2.13. The number of ether oxygens (including phenoxy) is 1. The van der Waals surface area contributed by atoms with Crippen molar-refractivity contribution < 1.29 is 9.84 Å². The number of nitrogens with zero attached hydrogens (tertiary/aromatic N) is 2. The molecular weight excluding hydrogens is 296 g/mol. The summed E-state index contributed by atoms with van der Waals surface area (Å²) in [6.45, 7) is 5.29. The summed E-state index contributed by atoms with van der Waals surface area (Å²) in [6.07, 6.45) is 3.69. The van der Waals surface area contributed by atoms with Gasteiger partial charge in [0, 0.05) is 24.5 Å². The Labute approximate surface area is 114 Å². The summed E-state index contributed by atoms with van der Waals surface area (Å²) in [5, 5.41) is 9.88. The van der Waals surface area contributed by atoms with Gasteiger partial charge in [-0.25, -0.2) is 4.98 Å². The zero-order valence-corrected chi connectivity index (χ0v) is 11.9. The number of phenolic OH excluding ortho intramolecular Hbond substituents is 1. The van der Waals surface area contributed by atoms with Crippen LogP contribution >= 0.6 is 15.9 Å². The van der Waals surface area contributed by atoms with E-state index in [1.54, 1.807) is 12.3 Å². The van der Waals surface area contributed by atoms with Gasteiger partial charge in [-0.1, -0.05) is 0 Å². The molecular formula is C13H15BrN2O2. The topological polar surface area (TPSA) is 47.3 Å². The van der Waals surface area contributed by atoms with E-state index in [-0.39, 0.29) is 5.75 Å². The van der Waals surface area contributed by atoms with Crippen LogP contribution in [0, 0.1) is 0 Å². The molecule has 0 saturated heterocycles. The Morgan fingerprint density at radius 1 is 1.39 bits per heavy atom. The van der Waals surface area contributed by atoms with E-state index >= 15 is 0 Å². The highest BCUT2D eigenvalue weighted by atomic mass is 79.9. The molecule has 4 nitrogen and oxygen atoms in total. The van der Waals surface area contributed by atoms with Gasteiger partial charge in [-0.2, -0.15) is 0 Å². The van der Waals surface area contributed by atoms with Crippen molar-refractivity contribution in [2.24, 2.45) is 0 Å². The molecule has 0 spiro atoms. The van der Waals surface area contributed by atoms with Crippen molar-refractivity contribution in [3.63, 3.8) is 0 Å². The monoisotopic (exact) mass is 310 g/mol. The van der Waals surface area contributed by atoms with E-state index in [0.29, 0.717) is 16.8 Å². The Kier molecular flexibility index (Phi) is 3.91. The molecule has 1 aromatic heterocycles. The average molecular weight is 311 g/mol. The summed E-state index contributed by atoms with van der Waals surface area (Å²) in [7, 11) is 0. The summed E-state index contributed by atoms with van der Waals surface area (Å²) < 4.78 is 8.05. The molecule has 5 heteroatoms. The van der Waals surface area contributed by atoms with Crippen LogP contribution in [0.5, 0.6) is 11.5 Å². The number of aryl methyl sites for hydroxylation is 1. The summed E-state index contributed by atoms with van der Waals surface area (Å²) >= 11 is 3.33. The van der Waals surface area contributed by atoms with Crippen LogP contribution in [-0.2, 0) is 6.54 Å². The number of rotatable bonds is 4. The third-order valence-corrected chi connectivity index (χ3v) is 3.25. The maximum absolute atomic E-state index is 9.88. The molecule has 0 amide bonds. The normalized spacial score (nSPS) is 10.6. The SMILES string of the molecule is CCOc1cc(-c2nccn2CC)cc(Br)c1O. The molecule has 1 N–H and O–H groups in total. The first-order chi connectivity index (χ1) is 8.67. The van der Waals surface area contributed by atoms with Gasteiger partial charge < -0.3 is 14.4 Å². The lowest BCUT2D eigenvalue weighted by Crippen LogP contribution is -1.98. The van der Waals surface area contributed by atoms with Crippen LogP contribution in [0.2, 0.25) is 0 Å². The maximum atomic E-state index is 9.88. The third-order valence-electron chi connectivity index (χ3n) is 2.64. The Morgan fingerprint density at radius 3 is 2.83 bits per heavy atom. The molecule has 0 aliphatic carbocycles. The van der Waals surface area contributed by atoms with E-state index in [1.165, 1.54) is 0 Å². The Balaban J connectivity index is 2.52. The largest absolute Gasteiger partial charge is 0.503 e. The minimum Gasteiger partial charge on any atom is -0.503 e. The van der Waals surface area contributed by atoms with Crippen LogP contribution in [0.25, 0.3) is 11.4 Å². The Bertz CT molecular complexity index is 552. The fourth-order valence-electron chi connectivity index (χ4n) is 1.79. The van der Waals surface area contributed by atoms with Gasteiger partial charge in [0.15, 0.2) is 11.5 Å². The molecule has 1 aromatic carbocycles. The minimum absolute atomic E-state index is 0.121. The van der Waals surface area contributed by atoms with Gasteiger partial charge in [0.2, 0.25) is 0 Å². The van der Waals surface area contributed by atoms with Crippen molar-refractivity contribution in [2.45, 2.75) is 20.4 Å². The number of hydrogen-bond acceptors (Lipinski definition) is 3. The lowest BCUT2D eigenvalue weighted by molar-refractivity contribution is 0.317. The molecule has 0 atom stereocenters. The second-order valence-electron chi connectivity index (χ2n) is 3.77. The van der Waals surface area contributed by atoms with Crippen molar-refractivity contribution in [3.05, 3.63) is 29.0 Å². The average Bonchev–Trinajstić information content (AvgIpc) is 2.83. The van der Waals surface area contributed by atoms with E-state index in [0.717, 1.165) is 17.9 Å². The van der Waals surface area contributed by atoms with E-state index in [4.69, 9.17) is 4.74 Å². The predicted octanol–water partition coefficient (Wildman–Crippen LogP) is 3.44. The second-order valence-corrected chi connectivity index (χ2v) is 4.63. The number of hydrogen-bond donors (Lipinski definition) is 1. The van der Waals surface area contributed by atoms with Crippen LogP contribution in [0.1, 0.15) is 13.8 Å². The lowest BCUT2D eigenvalue weighted by atomic mass is 10.2. The minimum atomic E-state index is 0.121. The first-order valence-corrected chi connectivity index (χ1v) is 6.63. The van der Waals surface area contributed by atoms with Crippen LogP contribution in [0.3, 0.4) is 0 Å². The fraction of sp³-hybridized carbons (Fsp3) is 0.308. The molecule has 0 saturated carbocycles. The van der Waals surface area contributed by atoms with Crippen molar-refractivity contribution in [1.29, 1.82) is 0 Å². The van der Waals surface area contributed by atoms with Gasteiger partial charge in [-0.15, -0.1) is 0 Å². The Morgan fingerprint density at radius 2 is 2.17 bits per heavy atom. The van der Waals surface area contributed by atoms with E-state index in [9.17, 15) is 5.11 Å². The van der Waals surface area contributed by atoms with Crippen LogP contribution in [0.15, 0.2) is 29.0 Å². The summed E-state index contributed by atoms with van der Waals surface area (Å²) in [5.41, 5.74) is 0.912.